The highest BCUT2D eigenvalue weighted by atomic mass is 28.3. The monoisotopic (exact) mass is 312 g/mol. The van der Waals surface area contributed by atoms with E-state index in [0.29, 0.717) is 6.61 Å². The molecule has 0 spiro atoms. The average molecular weight is 312 g/mol. The van der Waals surface area contributed by atoms with Gasteiger partial charge in [-0.05, 0) is 13.0 Å². The quantitative estimate of drug-likeness (QED) is 0.319. The summed E-state index contributed by atoms with van der Waals surface area (Å²) >= 11 is 0. The number of hydrogen-bond donors (Lipinski definition) is 0. The van der Waals surface area contributed by atoms with Crippen molar-refractivity contribution in [3.05, 3.63) is 17.5 Å². The van der Waals surface area contributed by atoms with Crippen molar-refractivity contribution >= 4 is 19.8 Å². The SMILES string of the molecule is CCOC(=O)c1cc(C(C)=O)nn1COCC[Si](C)(C)C. The number of carbonyl (C=O) groups is 2. The molecule has 118 valence electrons. The Bertz CT molecular complexity index is 506. The van der Waals surface area contributed by atoms with Gasteiger partial charge in [-0.25, -0.2) is 9.48 Å². The fourth-order valence-corrected chi connectivity index (χ4v) is 2.34. The molecule has 1 aromatic heterocycles. The molecule has 0 saturated carbocycles. The van der Waals surface area contributed by atoms with Gasteiger partial charge in [-0.1, -0.05) is 19.6 Å². The summed E-state index contributed by atoms with van der Waals surface area (Å²) < 4.78 is 11.9. The van der Waals surface area contributed by atoms with Gasteiger partial charge in [-0.3, -0.25) is 4.79 Å². The van der Waals surface area contributed by atoms with Crippen molar-refractivity contribution in [1.29, 1.82) is 0 Å². The van der Waals surface area contributed by atoms with Gasteiger partial charge in [-0.2, -0.15) is 5.10 Å². The molecule has 0 radical (unpaired) electrons. The summed E-state index contributed by atoms with van der Waals surface area (Å²) in [7, 11) is -1.16. The van der Waals surface area contributed by atoms with Gasteiger partial charge in [0.1, 0.15) is 18.1 Å². The molecule has 0 aromatic carbocycles. The lowest BCUT2D eigenvalue weighted by Crippen LogP contribution is -2.22. The second-order valence-corrected chi connectivity index (χ2v) is 11.7. The first-order valence-electron chi connectivity index (χ1n) is 7.08. The van der Waals surface area contributed by atoms with Gasteiger partial charge >= 0.3 is 5.97 Å². The number of ketones is 1. The van der Waals surface area contributed by atoms with E-state index in [1.54, 1.807) is 6.92 Å². The molecule has 0 atom stereocenters. The van der Waals surface area contributed by atoms with Crippen molar-refractivity contribution < 1.29 is 19.1 Å². The van der Waals surface area contributed by atoms with E-state index < -0.39 is 14.0 Å². The van der Waals surface area contributed by atoms with E-state index in [2.05, 4.69) is 24.7 Å². The standard InChI is InChI=1S/C14H24N2O4Si/c1-6-20-14(18)13-9-12(11(2)17)15-16(13)10-19-7-8-21(3,4)5/h9H,6-8,10H2,1-5H3. The number of nitrogens with zero attached hydrogens (tertiary/aromatic N) is 2. The fourth-order valence-electron chi connectivity index (χ4n) is 1.59. The zero-order valence-electron chi connectivity index (χ0n) is 13.4. The summed E-state index contributed by atoms with van der Waals surface area (Å²) in [5, 5.41) is 4.10. The van der Waals surface area contributed by atoms with Gasteiger partial charge in [0.15, 0.2) is 5.78 Å². The highest BCUT2D eigenvalue weighted by molar-refractivity contribution is 6.76. The molecule has 1 aromatic rings. The van der Waals surface area contributed by atoms with Crippen LogP contribution in [0, 0.1) is 0 Å². The van der Waals surface area contributed by atoms with Gasteiger partial charge < -0.3 is 9.47 Å². The third-order valence-electron chi connectivity index (χ3n) is 2.84. The van der Waals surface area contributed by atoms with E-state index in [0.717, 1.165) is 6.04 Å². The Balaban J connectivity index is 2.74. The summed E-state index contributed by atoms with van der Waals surface area (Å²) in [6, 6.07) is 2.48. The molecule has 0 unspecified atom stereocenters. The second-order valence-electron chi connectivity index (χ2n) is 6.04. The Morgan fingerprint density at radius 1 is 1.33 bits per heavy atom. The van der Waals surface area contributed by atoms with Crippen LogP contribution in [0.15, 0.2) is 6.07 Å². The largest absolute Gasteiger partial charge is 0.461 e. The van der Waals surface area contributed by atoms with Crippen LogP contribution < -0.4 is 0 Å². The lowest BCUT2D eigenvalue weighted by atomic mass is 10.3. The third kappa shape index (κ3) is 5.80. The molecule has 0 amide bonds. The fraction of sp³-hybridized carbons (Fsp3) is 0.643. The molecule has 1 heterocycles. The van der Waals surface area contributed by atoms with Crippen LogP contribution >= 0.6 is 0 Å². The van der Waals surface area contributed by atoms with E-state index in [4.69, 9.17) is 9.47 Å². The molecule has 0 saturated heterocycles. The van der Waals surface area contributed by atoms with Crippen LogP contribution in [0.1, 0.15) is 34.8 Å². The minimum absolute atomic E-state index is 0.145. The molecule has 0 fully saturated rings. The number of rotatable bonds is 8. The first-order chi connectivity index (χ1) is 9.74. The number of aromatic nitrogens is 2. The first kappa shape index (κ1) is 17.6. The van der Waals surface area contributed by atoms with Crippen molar-refractivity contribution in [2.24, 2.45) is 0 Å². The van der Waals surface area contributed by atoms with Crippen molar-refractivity contribution in [3.8, 4) is 0 Å². The summed E-state index contributed by atoms with van der Waals surface area (Å²) in [6.07, 6.45) is 0. The van der Waals surface area contributed by atoms with E-state index >= 15 is 0 Å². The Labute approximate surface area is 126 Å². The van der Waals surface area contributed by atoms with Crippen LogP contribution in [0.25, 0.3) is 0 Å². The molecule has 1 rings (SSSR count). The van der Waals surface area contributed by atoms with Gasteiger partial charge in [0.2, 0.25) is 0 Å². The van der Waals surface area contributed by atoms with Crippen molar-refractivity contribution in [1.82, 2.24) is 9.78 Å². The number of carbonyl (C=O) groups excluding carboxylic acids is 2. The van der Waals surface area contributed by atoms with Crippen LogP contribution in [0.2, 0.25) is 25.7 Å². The first-order valence-corrected chi connectivity index (χ1v) is 10.8. The highest BCUT2D eigenvalue weighted by Gasteiger charge is 2.19. The van der Waals surface area contributed by atoms with Crippen LogP contribution in [-0.4, -0.2) is 42.8 Å². The minimum atomic E-state index is -1.16. The number of esters is 1. The summed E-state index contributed by atoms with van der Waals surface area (Å²) in [5.41, 5.74) is 0.488. The van der Waals surface area contributed by atoms with E-state index in [1.807, 2.05) is 0 Å². The highest BCUT2D eigenvalue weighted by Crippen LogP contribution is 2.10. The molecule has 7 heteroatoms. The average Bonchev–Trinajstić information content (AvgIpc) is 2.78. The lowest BCUT2D eigenvalue weighted by Gasteiger charge is -2.15. The van der Waals surface area contributed by atoms with Gasteiger partial charge in [0, 0.05) is 27.7 Å². The maximum absolute atomic E-state index is 11.9. The number of Topliss-reactive ketones (excluding diaryl/α,β-unsaturated/α-hetero) is 1. The molecule has 6 nitrogen and oxygen atoms in total. The molecular weight excluding hydrogens is 288 g/mol. The second kappa shape index (κ2) is 7.51. The Morgan fingerprint density at radius 3 is 2.52 bits per heavy atom. The minimum Gasteiger partial charge on any atom is -0.461 e. The van der Waals surface area contributed by atoms with Crippen molar-refractivity contribution in [3.63, 3.8) is 0 Å². The van der Waals surface area contributed by atoms with Crippen LogP contribution in [0.5, 0.6) is 0 Å². The van der Waals surface area contributed by atoms with Crippen LogP contribution in [0.3, 0.4) is 0 Å². The predicted molar refractivity (Wildman–Crippen MR) is 82.3 cm³/mol. The molecule has 0 bridgehead atoms. The summed E-state index contributed by atoms with van der Waals surface area (Å²) in [4.78, 5) is 23.2. The molecule has 0 aliphatic heterocycles. The van der Waals surface area contributed by atoms with Gasteiger partial charge in [0.05, 0.1) is 6.61 Å². The Morgan fingerprint density at radius 2 is 2.00 bits per heavy atom. The van der Waals surface area contributed by atoms with Gasteiger partial charge in [0.25, 0.3) is 0 Å². The molecule has 21 heavy (non-hydrogen) atoms. The van der Waals surface area contributed by atoms with Crippen molar-refractivity contribution in [2.75, 3.05) is 13.2 Å². The number of hydrogen-bond acceptors (Lipinski definition) is 5. The Kier molecular flexibility index (Phi) is 6.29. The smallest absolute Gasteiger partial charge is 0.356 e. The van der Waals surface area contributed by atoms with Crippen LogP contribution in [-0.2, 0) is 16.2 Å². The maximum atomic E-state index is 11.9. The predicted octanol–water partition coefficient (Wildman–Crippen LogP) is 2.57. The van der Waals surface area contributed by atoms with E-state index in [9.17, 15) is 9.59 Å². The van der Waals surface area contributed by atoms with Crippen LogP contribution in [0.4, 0.5) is 0 Å². The molecule has 0 aliphatic carbocycles. The molecule has 0 aliphatic rings. The zero-order valence-corrected chi connectivity index (χ0v) is 14.4. The normalized spacial score (nSPS) is 11.5. The summed E-state index contributed by atoms with van der Waals surface area (Å²) in [6.45, 7) is 11.0. The third-order valence-corrected chi connectivity index (χ3v) is 4.54. The lowest BCUT2D eigenvalue weighted by molar-refractivity contribution is 0.0454. The zero-order chi connectivity index (χ0) is 16.0. The maximum Gasteiger partial charge on any atom is 0.356 e. The van der Waals surface area contributed by atoms with Gasteiger partial charge in [-0.15, -0.1) is 0 Å². The topological polar surface area (TPSA) is 70.4 Å². The van der Waals surface area contributed by atoms with Crippen molar-refractivity contribution in [2.45, 2.75) is 46.3 Å². The number of ether oxygens (including phenoxy) is 2. The van der Waals surface area contributed by atoms with E-state index in [-0.39, 0.29) is 30.5 Å². The summed E-state index contributed by atoms with van der Waals surface area (Å²) in [5.74, 6) is -0.687. The molecule has 0 N–H and O–H groups in total. The van der Waals surface area contributed by atoms with E-state index in [1.165, 1.54) is 17.7 Å². The Hall–Kier alpha value is -1.47. The molecular formula is C14H24N2O4Si.